The van der Waals surface area contributed by atoms with Gasteiger partial charge in [-0.2, -0.15) is 10.0 Å². The molecule has 7 nitrogen and oxygen atoms in total. The highest BCUT2D eigenvalue weighted by Gasteiger charge is 2.44. The number of rotatable bonds is 3. The third-order valence-electron chi connectivity index (χ3n) is 4.52. The third-order valence-corrected chi connectivity index (χ3v) is 5.08. The summed E-state index contributed by atoms with van der Waals surface area (Å²) in [5.41, 5.74) is 1.78. The number of guanidine groups is 1. The van der Waals surface area contributed by atoms with E-state index in [4.69, 9.17) is 23.2 Å². The number of amidine groups is 1. The molecule has 0 radical (unpaired) electrons. The highest BCUT2D eigenvalue weighted by Crippen LogP contribution is 2.29. The molecule has 2 heterocycles. The van der Waals surface area contributed by atoms with E-state index in [1.165, 1.54) is 24.1 Å². The molecule has 0 N–H and O–H groups in total. The van der Waals surface area contributed by atoms with E-state index in [0.29, 0.717) is 16.3 Å². The van der Waals surface area contributed by atoms with Gasteiger partial charge >= 0.3 is 0 Å². The molecule has 0 bridgehead atoms. The number of benzene rings is 2. The van der Waals surface area contributed by atoms with Gasteiger partial charge in [0.05, 0.1) is 5.69 Å². The van der Waals surface area contributed by atoms with E-state index in [1.54, 1.807) is 24.3 Å². The average Bonchev–Trinajstić information content (AvgIpc) is 3.07. The number of Topliss-reactive ketones (excluding diaryl/α,β-unsaturated/α-hetero) is 1. The number of hydrogen-bond acceptors (Lipinski definition) is 5. The Morgan fingerprint density at radius 2 is 1.77 bits per heavy atom. The quantitative estimate of drug-likeness (QED) is 0.536. The number of halogens is 2. The second-order valence-corrected chi connectivity index (χ2v) is 7.55. The summed E-state index contributed by atoms with van der Waals surface area (Å²) in [5, 5.41) is 6.23. The smallest absolute Gasteiger partial charge is 0.285 e. The lowest BCUT2D eigenvalue weighted by Crippen LogP contribution is -2.49. The molecule has 30 heavy (non-hydrogen) atoms. The van der Waals surface area contributed by atoms with Gasteiger partial charge in [-0.1, -0.05) is 47.0 Å². The van der Waals surface area contributed by atoms with Crippen LogP contribution >= 0.6 is 23.2 Å². The van der Waals surface area contributed by atoms with Crippen molar-refractivity contribution in [2.45, 2.75) is 13.8 Å². The summed E-state index contributed by atoms with van der Waals surface area (Å²) in [6, 6.07) is 11.9. The zero-order chi connectivity index (χ0) is 21.6. The third kappa shape index (κ3) is 3.42. The molecule has 0 atom stereocenters. The standard InChI is InChI=1S/C21H14Cl2N4O3/c1-11-3-7-15(8-4-11)27-21-24-19(29)16(9-13-5-6-14(22)10-17(13)23)20(30)26(21)18(25-27)12(2)28/h3-10H,1-2H3/b16-9-. The number of carbonyl (C=O) groups excluding carboxylic acids is 3. The van der Waals surface area contributed by atoms with E-state index in [-0.39, 0.29) is 22.4 Å². The Morgan fingerprint density at radius 1 is 1.07 bits per heavy atom. The number of nitrogens with zero attached hydrogens (tertiary/aromatic N) is 4. The monoisotopic (exact) mass is 440 g/mol. The number of fused-ring (bicyclic) bond motifs is 1. The largest absolute Gasteiger partial charge is 0.291 e. The van der Waals surface area contributed by atoms with Crippen molar-refractivity contribution in [2.24, 2.45) is 10.1 Å². The maximum absolute atomic E-state index is 13.2. The molecule has 0 spiro atoms. The van der Waals surface area contributed by atoms with Crippen LogP contribution in [0, 0.1) is 6.92 Å². The van der Waals surface area contributed by atoms with Crippen molar-refractivity contribution in [1.82, 2.24) is 4.90 Å². The molecule has 4 rings (SSSR count). The first-order valence-electron chi connectivity index (χ1n) is 8.87. The van der Waals surface area contributed by atoms with Gasteiger partial charge in [0.2, 0.25) is 11.8 Å². The van der Waals surface area contributed by atoms with Gasteiger partial charge in [-0.05, 0) is 42.8 Å². The van der Waals surface area contributed by atoms with E-state index >= 15 is 0 Å². The first-order valence-corrected chi connectivity index (χ1v) is 9.62. The molecule has 150 valence electrons. The van der Waals surface area contributed by atoms with E-state index in [2.05, 4.69) is 10.1 Å². The molecule has 0 aromatic heterocycles. The summed E-state index contributed by atoms with van der Waals surface area (Å²) in [4.78, 5) is 43.1. The van der Waals surface area contributed by atoms with Gasteiger partial charge in [-0.3, -0.25) is 14.4 Å². The Hall–Kier alpha value is -3.29. The minimum atomic E-state index is -0.755. The van der Waals surface area contributed by atoms with Gasteiger partial charge in [0.15, 0.2) is 5.78 Å². The predicted octanol–water partition coefficient (Wildman–Crippen LogP) is 3.83. The van der Waals surface area contributed by atoms with Gasteiger partial charge in [0.25, 0.3) is 11.8 Å². The van der Waals surface area contributed by atoms with Crippen LogP contribution in [0.3, 0.4) is 0 Å². The van der Waals surface area contributed by atoms with Crippen LogP contribution < -0.4 is 5.01 Å². The molecular weight excluding hydrogens is 427 g/mol. The molecule has 0 saturated heterocycles. The molecular formula is C21H14Cl2N4O3. The summed E-state index contributed by atoms with van der Waals surface area (Å²) in [6.45, 7) is 3.22. The number of carbonyl (C=O) groups is 3. The molecule has 9 heteroatoms. The number of hydrogen-bond donors (Lipinski definition) is 0. The number of hydrazone groups is 1. The van der Waals surface area contributed by atoms with Crippen LogP contribution in [0.25, 0.3) is 6.08 Å². The fourth-order valence-corrected chi connectivity index (χ4v) is 3.47. The molecule has 2 aromatic rings. The van der Waals surface area contributed by atoms with Gasteiger partial charge < -0.3 is 0 Å². The Bertz CT molecular complexity index is 1200. The van der Waals surface area contributed by atoms with E-state index in [0.717, 1.165) is 10.5 Å². The predicted molar refractivity (Wildman–Crippen MR) is 116 cm³/mol. The summed E-state index contributed by atoms with van der Waals surface area (Å²) in [5.74, 6) is -2.07. The van der Waals surface area contributed by atoms with Crippen molar-refractivity contribution in [2.75, 3.05) is 5.01 Å². The molecule has 2 aliphatic rings. The maximum atomic E-state index is 13.2. The van der Waals surface area contributed by atoms with Crippen molar-refractivity contribution in [3.05, 3.63) is 69.2 Å². The van der Waals surface area contributed by atoms with Crippen LogP contribution in [0.4, 0.5) is 5.69 Å². The zero-order valence-electron chi connectivity index (χ0n) is 15.9. The minimum absolute atomic E-state index is 0.0431. The van der Waals surface area contributed by atoms with E-state index in [9.17, 15) is 14.4 Å². The fourth-order valence-electron chi connectivity index (χ4n) is 3.01. The van der Waals surface area contributed by atoms with Crippen LogP contribution in [0.1, 0.15) is 18.1 Å². The fraction of sp³-hybridized carbons (Fsp3) is 0.0952. The molecule has 2 aromatic carbocycles. The van der Waals surface area contributed by atoms with Gasteiger partial charge in [0.1, 0.15) is 5.57 Å². The Labute approximate surface area is 181 Å². The van der Waals surface area contributed by atoms with Crippen molar-refractivity contribution in [3.63, 3.8) is 0 Å². The minimum Gasteiger partial charge on any atom is -0.291 e. The zero-order valence-corrected chi connectivity index (χ0v) is 17.4. The summed E-state index contributed by atoms with van der Waals surface area (Å²) in [7, 11) is 0. The molecule has 0 saturated carbocycles. The summed E-state index contributed by atoms with van der Waals surface area (Å²) < 4.78 is 0. The van der Waals surface area contributed by atoms with Crippen LogP contribution in [0.5, 0.6) is 0 Å². The maximum Gasteiger partial charge on any atom is 0.285 e. The lowest BCUT2D eigenvalue weighted by Gasteiger charge is -2.24. The first kappa shape index (κ1) is 20.0. The van der Waals surface area contributed by atoms with E-state index < -0.39 is 17.6 Å². The highest BCUT2D eigenvalue weighted by molar-refractivity contribution is 6.51. The van der Waals surface area contributed by atoms with Crippen LogP contribution in [0.2, 0.25) is 10.0 Å². The van der Waals surface area contributed by atoms with Crippen LogP contribution in [-0.2, 0) is 14.4 Å². The van der Waals surface area contributed by atoms with Crippen LogP contribution in [0.15, 0.2) is 58.1 Å². The Kier molecular flexibility index (Phi) is 5.01. The van der Waals surface area contributed by atoms with Crippen molar-refractivity contribution in [1.29, 1.82) is 0 Å². The molecule has 0 aliphatic carbocycles. The number of anilines is 1. The van der Waals surface area contributed by atoms with Gasteiger partial charge in [-0.15, -0.1) is 5.10 Å². The second-order valence-electron chi connectivity index (χ2n) is 6.71. The topological polar surface area (TPSA) is 82.4 Å². The molecule has 2 amide bonds. The number of ketones is 1. The Balaban J connectivity index is 1.81. The molecule has 0 unspecified atom stereocenters. The lowest BCUT2D eigenvalue weighted by molar-refractivity contribution is -0.126. The van der Waals surface area contributed by atoms with Crippen molar-refractivity contribution in [3.8, 4) is 0 Å². The lowest BCUT2D eigenvalue weighted by atomic mass is 10.1. The van der Waals surface area contributed by atoms with Crippen molar-refractivity contribution >= 4 is 64.4 Å². The van der Waals surface area contributed by atoms with Gasteiger partial charge in [-0.25, -0.2) is 4.90 Å². The number of aryl methyl sites for hydroxylation is 1. The first-order chi connectivity index (χ1) is 14.3. The number of aliphatic imine (C=N–C) groups is 1. The molecule has 2 aliphatic heterocycles. The Morgan fingerprint density at radius 3 is 2.40 bits per heavy atom. The molecule has 0 fully saturated rings. The van der Waals surface area contributed by atoms with Crippen molar-refractivity contribution < 1.29 is 14.4 Å². The summed E-state index contributed by atoms with van der Waals surface area (Å²) >= 11 is 12.1. The summed E-state index contributed by atoms with van der Waals surface area (Å²) in [6.07, 6.45) is 1.33. The normalized spacial score (nSPS) is 17.3. The van der Waals surface area contributed by atoms with Gasteiger partial charge in [0, 0.05) is 17.0 Å². The SMILES string of the molecule is CC(=O)C1=NN(c2ccc(C)cc2)C2=NC(=O)/C(=C/c3ccc(Cl)cc3Cl)C(=O)N12. The highest BCUT2D eigenvalue weighted by atomic mass is 35.5. The van der Waals surface area contributed by atoms with E-state index in [1.807, 2.05) is 19.1 Å². The second kappa shape index (κ2) is 7.51. The van der Waals surface area contributed by atoms with Crippen LogP contribution in [-0.4, -0.2) is 34.3 Å². The average molecular weight is 441 g/mol. The number of amides is 2.